The number of hydrogen-bond acceptors (Lipinski definition) is 9. The van der Waals surface area contributed by atoms with E-state index >= 15 is 0 Å². The molecule has 0 amide bonds. The van der Waals surface area contributed by atoms with Gasteiger partial charge in [-0.1, -0.05) is 30.3 Å². The van der Waals surface area contributed by atoms with Crippen LogP contribution >= 0.6 is 15.9 Å². The summed E-state index contributed by atoms with van der Waals surface area (Å²) in [6.45, 7) is -0.0656. The quantitative estimate of drug-likeness (QED) is 0.0994. The van der Waals surface area contributed by atoms with Crippen LogP contribution in [-0.4, -0.2) is 25.7 Å². The molecular weight excluding hydrogens is 622 g/mol. The van der Waals surface area contributed by atoms with Gasteiger partial charge in [0.2, 0.25) is 11.6 Å². The first-order chi connectivity index (χ1) is 20.8. The van der Waals surface area contributed by atoms with E-state index in [0.717, 1.165) is 10.1 Å². The molecule has 0 aliphatic rings. The number of rotatable bonds is 8. The van der Waals surface area contributed by atoms with Gasteiger partial charge >= 0.3 is 5.69 Å². The van der Waals surface area contributed by atoms with Crippen LogP contribution in [0.1, 0.15) is 11.1 Å². The predicted octanol–water partition coefficient (Wildman–Crippen LogP) is 6.85. The van der Waals surface area contributed by atoms with Crippen LogP contribution in [0.15, 0.2) is 110 Å². The normalized spacial score (nSPS) is 11.4. The fourth-order valence-corrected chi connectivity index (χ4v) is 5.01. The monoisotopic (exact) mass is 639 g/mol. The molecule has 0 spiro atoms. The van der Waals surface area contributed by atoms with Crippen LogP contribution in [-0.2, 0) is 6.61 Å². The number of hydrogen-bond donors (Lipinski definition) is 0. The van der Waals surface area contributed by atoms with Crippen molar-refractivity contribution in [1.29, 1.82) is 0 Å². The zero-order chi connectivity index (χ0) is 30.1. The number of furan rings is 1. The van der Waals surface area contributed by atoms with Gasteiger partial charge in [-0.15, -0.1) is 0 Å². The highest BCUT2D eigenvalue weighted by Crippen LogP contribution is 2.37. The lowest BCUT2D eigenvalue weighted by Gasteiger charge is -2.10. The summed E-state index contributed by atoms with van der Waals surface area (Å²) in [6.07, 6.45) is 1.31. The molecule has 4 aromatic carbocycles. The number of nitro benzene ring substituents is 2. The van der Waals surface area contributed by atoms with E-state index in [1.807, 2.05) is 18.2 Å². The van der Waals surface area contributed by atoms with Crippen LogP contribution in [0.2, 0.25) is 0 Å². The van der Waals surface area contributed by atoms with E-state index in [4.69, 9.17) is 9.15 Å². The number of benzene rings is 4. The average molecular weight is 640 g/mol. The van der Waals surface area contributed by atoms with Crippen LogP contribution in [0, 0.1) is 20.2 Å². The van der Waals surface area contributed by atoms with Crippen molar-refractivity contribution in [3.05, 3.63) is 137 Å². The Morgan fingerprint density at radius 1 is 0.953 bits per heavy atom. The lowest BCUT2D eigenvalue weighted by Crippen LogP contribution is -2.20. The van der Waals surface area contributed by atoms with Gasteiger partial charge in [0.05, 0.1) is 31.4 Å². The first-order valence-electron chi connectivity index (χ1n) is 12.7. The smallest absolute Gasteiger partial charge is 0.312 e. The topological polar surface area (TPSA) is 156 Å². The maximum absolute atomic E-state index is 13.5. The lowest BCUT2D eigenvalue weighted by molar-refractivity contribution is -0.386. The zero-order valence-corrected chi connectivity index (χ0v) is 23.5. The summed E-state index contributed by atoms with van der Waals surface area (Å²) in [6, 6.07) is 24.5. The largest absolute Gasteiger partial charge is 0.481 e. The average Bonchev–Trinajstić information content (AvgIpc) is 3.44. The highest BCUT2D eigenvalue weighted by molar-refractivity contribution is 9.10. The molecule has 0 aliphatic carbocycles. The third-order valence-corrected chi connectivity index (χ3v) is 7.08. The Morgan fingerprint density at radius 3 is 2.44 bits per heavy atom. The van der Waals surface area contributed by atoms with E-state index in [9.17, 15) is 25.0 Å². The second-order valence-electron chi connectivity index (χ2n) is 9.28. The van der Waals surface area contributed by atoms with Crippen molar-refractivity contribution in [3.63, 3.8) is 0 Å². The maximum Gasteiger partial charge on any atom is 0.312 e. The third kappa shape index (κ3) is 5.48. The van der Waals surface area contributed by atoms with E-state index in [1.54, 1.807) is 42.5 Å². The molecule has 0 fully saturated rings. The van der Waals surface area contributed by atoms with Crippen LogP contribution in [0.4, 0.5) is 11.4 Å². The Balaban J connectivity index is 1.37. The van der Waals surface area contributed by atoms with E-state index in [2.05, 4.69) is 26.0 Å². The van der Waals surface area contributed by atoms with E-state index in [1.165, 1.54) is 36.5 Å². The molecule has 2 aromatic heterocycles. The number of ether oxygens (including phenoxy) is 1. The SMILES string of the molecule is O=c1c2ccccc2nc(-c2cc3ccccc3o2)n1N=Cc1cc(Br)c(OCc2ccc([N+](=O)[O-])cc2)c([N+](=O)[O-])c1. The summed E-state index contributed by atoms with van der Waals surface area (Å²) in [5.41, 5.74) is 1.08. The highest BCUT2D eigenvalue weighted by Gasteiger charge is 2.21. The van der Waals surface area contributed by atoms with Gasteiger partial charge in [-0.3, -0.25) is 25.0 Å². The maximum atomic E-state index is 13.5. The van der Waals surface area contributed by atoms with Gasteiger partial charge in [-0.25, -0.2) is 4.98 Å². The number of non-ortho nitro benzene ring substituents is 1. The molecular formula is C30H18BrN5O7. The molecule has 0 radical (unpaired) electrons. The molecule has 0 atom stereocenters. The van der Waals surface area contributed by atoms with E-state index in [0.29, 0.717) is 33.4 Å². The molecule has 43 heavy (non-hydrogen) atoms. The molecule has 0 saturated heterocycles. The Morgan fingerprint density at radius 2 is 1.70 bits per heavy atom. The van der Waals surface area contributed by atoms with Gasteiger partial charge in [0, 0.05) is 29.1 Å². The van der Waals surface area contributed by atoms with Crippen molar-refractivity contribution in [1.82, 2.24) is 9.66 Å². The highest BCUT2D eigenvalue weighted by atomic mass is 79.9. The van der Waals surface area contributed by atoms with Crippen LogP contribution in [0.5, 0.6) is 5.75 Å². The zero-order valence-electron chi connectivity index (χ0n) is 21.9. The number of aromatic nitrogens is 2. The molecule has 0 N–H and O–H groups in total. The minimum absolute atomic E-state index is 0.0343. The van der Waals surface area contributed by atoms with Crippen LogP contribution in [0.25, 0.3) is 33.5 Å². The van der Waals surface area contributed by atoms with Crippen molar-refractivity contribution in [3.8, 4) is 17.3 Å². The molecule has 212 valence electrons. The molecule has 0 aliphatic heterocycles. The first kappa shape index (κ1) is 27.5. The molecule has 2 heterocycles. The number of nitrogens with zero attached hydrogens (tertiary/aromatic N) is 5. The Bertz CT molecular complexity index is 2110. The summed E-state index contributed by atoms with van der Waals surface area (Å²) in [5.74, 6) is 0.448. The second kappa shape index (κ2) is 11.3. The van der Waals surface area contributed by atoms with Crippen LogP contribution in [0.3, 0.4) is 0 Å². The van der Waals surface area contributed by atoms with Crippen molar-refractivity contribution >= 4 is 55.4 Å². The predicted molar refractivity (Wildman–Crippen MR) is 162 cm³/mol. The number of halogens is 1. The Kier molecular flexibility index (Phi) is 7.22. The van der Waals surface area contributed by atoms with Crippen molar-refractivity contribution in [2.45, 2.75) is 6.61 Å². The number of nitro groups is 2. The molecule has 13 heteroatoms. The summed E-state index contributed by atoms with van der Waals surface area (Å²) < 4.78 is 13.1. The molecule has 6 rings (SSSR count). The summed E-state index contributed by atoms with van der Waals surface area (Å²) >= 11 is 3.34. The Hall–Kier alpha value is -5.69. The lowest BCUT2D eigenvalue weighted by atomic mass is 10.2. The van der Waals surface area contributed by atoms with Gasteiger partial charge in [-0.05, 0) is 64.0 Å². The molecule has 0 unspecified atom stereocenters. The first-order valence-corrected chi connectivity index (χ1v) is 13.5. The summed E-state index contributed by atoms with van der Waals surface area (Å²) in [7, 11) is 0. The standard InChI is InChI=1S/C30H18BrN5O7/c31-23-13-19(14-25(36(40)41)28(23)42-17-18-9-11-21(12-10-18)35(38)39)16-32-34-29(27-15-20-5-1-4-8-26(20)43-27)33-24-7-3-2-6-22(24)30(34)37/h1-16H,17H2. The van der Waals surface area contributed by atoms with E-state index in [-0.39, 0.29) is 34.0 Å². The molecule has 0 saturated carbocycles. The minimum Gasteiger partial charge on any atom is -0.481 e. The van der Waals surface area contributed by atoms with Gasteiger partial charge < -0.3 is 9.15 Å². The van der Waals surface area contributed by atoms with Gasteiger partial charge in [0.15, 0.2) is 5.76 Å². The van der Waals surface area contributed by atoms with Crippen molar-refractivity contribution in [2.75, 3.05) is 0 Å². The van der Waals surface area contributed by atoms with Crippen molar-refractivity contribution in [2.24, 2.45) is 5.10 Å². The number of fused-ring (bicyclic) bond motifs is 2. The minimum atomic E-state index is -0.600. The molecule has 0 bridgehead atoms. The summed E-state index contributed by atoms with van der Waals surface area (Å²) in [5, 5.41) is 28.4. The van der Waals surface area contributed by atoms with Gasteiger partial charge in [-0.2, -0.15) is 9.78 Å². The van der Waals surface area contributed by atoms with Crippen LogP contribution < -0.4 is 10.3 Å². The van der Waals surface area contributed by atoms with Crippen molar-refractivity contribution < 1.29 is 19.0 Å². The number of para-hydroxylation sites is 2. The van der Waals surface area contributed by atoms with Gasteiger partial charge in [0.1, 0.15) is 12.2 Å². The summed E-state index contributed by atoms with van der Waals surface area (Å²) in [4.78, 5) is 39.9. The fraction of sp³-hybridized carbons (Fsp3) is 0.0333. The second-order valence-corrected chi connectivity index (χ2v) is 10.1. The third-order valence-electron chi connectivity index (χ3n) is 6.50. The molecule has 6 aromatic rings. The van der Waals surface area contributed by atoms with E-state index < -0.39 is 15.4 Å². The van der Waals surface area contributed by atoms with Gasteiger partial charge in [0.25, 0.3) is 11.2 Å². The fourth-order valence-electron chi connectivity index (χ4n) is 4.43. The Labute approximate surface area is 249 Å². The molecule has 12 nitrogen and oxygen atoms in total.